The average Bonchev–Trinajstić information content (AvgIpc) is 2.26. The molecular formula is C11H13NO4. The van der Waals surface area contributed by atoms with Crippen LogP contribution in [0.2, 0.25) is 0 Å². The fourth-order valence-electron chi connectivity index (χ4n) is 1.31. The summed E-state index contributed by atoms with van der Waals surface area (Å²) in [4.78, 5) is 21.9. The number of ether oxygens (including phenoxy) is 1. The zero-order valence-corrected chi connectivity index (χ0v) is 9.11. The number of para-hydroxylation sites is 1. The quantitative estimate of drug-likeness (QED) is 0.752. The molecule has 86 valence electrons. The van der Waals surface area contributed by atoms with Crippen molar-refractivity contribution in [1.82, 2.24) is 0 Å². The lowest BCUT2D eigenvalue weighted by molar-refractivity contribution is -0.138. The number of aryl methyl sites for hydroxylation is 1. The van der Waals surface area contributed by atoms with E-state index < -0.39 is 11.9 Å². The molecule has 1 aromatic carbocycles. The second-order valence-electron chi connectivity index (χ2n) is 3.23. The van der Waals surface area contributed by atoms with E-state index in [2.05, 4.69) is 10.1 Å². The number of anilines is 1. The smallest absolute Gasteiger partial charge is 0.337 e. The first-order chi connectivity index (χ1) is 7.56. The maximum absolute atomic E-state index is 10.9. The number of esters is 1. The Balaban J connectivity index is 2.93. The van der Waals surface area contributed by atoms with Crippen LogP contribution in [-0.4, -0.2) is 30.7 Å². The molecule has 0 atom stereocenters. The third-order valence-electron chi connectivity index (χ3n) is 2.14. The van der Waals surface area contributed by atoms with E-state index in [1.54, 1.807) is 19.1 Å². The van der Waals surface area contributed by atoms with Gasteiger partial charge >= 0.3 is 11.9 Å². The van der Waals surface area contributed by atoms with E-state index in [4.69, 9.17) is 5.11 Å². The minimum Gasteiger partial charge on any atom is -0.478 e. The van der Waals surface area contributed by atoms with Crippen molar-refractivity contribution in [3.63, 3.8) is 0 Å². The van der Waals surface area contributed by atoms with Crippen LogP contribution in [0.3, 0.4) is 0 Å². The Bertz CT molecular complexity index is 414. The van der Waals surface area contributed by atoms with Gasteiger partial charge in [-0.1, -0.05) is 12.1 Å². The van der Waals surface area contributed by atoms with Crippen molar-refractivity contribution >= 4 is 17.6 Å². The predicted molar refractivity (Wildman–Crippen MR) is 58.6 cm³/mol. The van der Waals surface area contributed by atoms with Crippen LogP contribution >= 0.6 is 0 Å². The van der Waals surface area contributed by atoms with Gasteiger partial charge < -0.3 is 15.2 Å². The van der Waals surface area contributed by atoms with Crippen molar-refractivity contribution in [1.29, 1.82) is 0 Å². The molecule has 0 saturated heterocycles. The van der Waals surface area contributed by atoms with Gasteiger partial charge in [0.05, 0.1) is 18.4 Å². The highest BCUT2D eigenvalue weighted by molar-refractivity contribution is 5.95. The number of aromatic carboxylic acids is 1. The number of carboxylic acids is 1. The van der Waals surface area contributed by atoms with E-state index >= 15 is 0 Å². The molecule has 1 aromatic rings. The van der Waals surface area contributed by atoms with Crippen molar-refractivity contribution in [2.45, 2.75) is 6.92 Å². The van der Waals surface area contributed by atoms with Gasteiger partial charge in [0.25, 0.3) is 0 Å². The Hall–Kier alpha value is -2.04. The normalized spacial score (nSPS) is 9.62. The fourth-order valence-corrected chi connectivity index (χ4v) is 1.31. The van der Waals surface area contributed by atoms with Crippen LogP contribution in [0.25, 0.3) is 0 Å². The molecule has 0 saturated carbocycles. The molecule has 0 bridgehead atoms. The standard InChI is InChI=1S/C11H13NO4/c1-7-4-3-5-8(11(14)15)10(7)12-6-9(13)16-2/h3-5,12H,6H2,1-2H3,(H,14,15). The third-order valence-corrected chi connectivity index (χ3v) is 2.14. The second kappa shape index (κ2) is 5.16. The summed E-state index contributed by atoms with van der Waals surface area (Å²) in [7, 11) is 1.28. The number of hydrogen-bond acceptors (Lipinski definition) is 4. The van der Waals surface area contributed by atoms with Crippen LogP contribution in [0.5, 0.6) is 0 Å². The minimum absolute atomic E-state index is 0.0539. The molecule has 0 heterocycles. The number of methoxy groups -OCH3 is 1. The van der Waals surface area contributed by atoms with Crippen molar-refractivity contribution in [3.8, 4) is 0 Å². The van der Waals surface area contributed by atoms with E-state index in [9.17, 15) is 9.59 Å². The Labute approximate surface area is 93.0 Å². The first-order valence-corrected chi connectivity index (χ1v) is 4.70. The molecule has 0 aromatic heterocycles. The van der Waals surface area contributed by atoms with E-state index in [-0.39, 0.29) is 12.1 Å². The number of hydrogen-bond donors (Lipinski definition) is 2. The SMILES string of the molecule is COC(=O)CNc1c(C)cccc1C(=O)O. The number of carbonyl (C=O) groups excluding carboxylic acids is 1. The molecule has 0 amide bonds. The maximum Gasteiger partial charge on any atom is 0.337 e. The first-order valence-electron chi connectivity index (χ1n) is 4.70. The summed E-state index contributed by atoms with van der Waals surface area (Å²) < 4.78 is 4.46. The van der Waals surface area contributed by atoms with Crippen LogP contribution in [0, 0.1) is 6.92 Å². The Morgan fingerprint density at radius 2 is 2.12 bits per heavy atom. The van der Waals surface area contributed by atoms with Crippen LogP contribution in [0.1, 0.15) is 15.9 Å². The van der Waals surface area contributed by atoms with Crippen molar-refractivity contribution < 1.29 is 19.4 Å². The van der Waals surface area contributed by atoms with E-state index in [1.165, 1.54) is 13.2 Å². The van der Waals surface area contributed by atoms with Gasteiger partial charge in [-0.3, -0.25) is 4.79 Å². The lowest BCUT2D eigenvalue weighted by atomic mass is 10.1. The summed E-state index contributed by atoms with van der Waals surface area (Å²) in [5.74, 6) is -1.48. The molecule has 5 heteroatoms. The number of carbonyl (C=O) groups is 2. The molecule has 0 radical (unpaired) electrons. The largest absolute Gasteiger partial charge is 0.478 e. The van der Waals surface area contributed by atoms with Gasteiger partial charge in [0, 0.05) is 0 Å². The molecule has 16 heavy (non-hydrogen) atoms. The van der Waals surface area contributed by atoms with E-state index in [1.807, 2.05) is 0 Å². The fraction of sp³-hybridized carbons (Fsp3) is 0.273. The third kappa shape index (κ3) is 2.73. The van der Waals surface area contributed by atoms with Crippen LogP contribution in [-0.2, 0) is 9.53 Å². The van der Waals surface area contributed by atoms with Crippen molar-refractivity contribution in [2.75, 3.05) is 19.0 Å². The molecule has 2 N–H and O–H groups in total. The van der Waals surface area contributed by atoms with Gasteiger partial charge in [0.1, 0.15) is 6.54 Å². The molecule has 1 rings (SSSR count). The Kier molecular flexibility index (Phi) is 3.88. The number of carboxylic acid groups (broad SMARTS) is 1. The highest BCUT2D eigenvalue weighted by Gasteiger charge is 2.12. The average molecular weight is 223 g/mol. The minimum atomic E-state index is -1.03. The van der Waals surface area contributed by atoms with Gasteiger partial charge in [-0.05, 0) is 18.6 Å². The molecule has 0 aliphatic carbocycles. The van der Waals surface area contributed by atoms with Crippen LogP contribution in [0.4, 0.5) is 5.69 Å². The first kappa shape index (κ1) is 12.0. The lowest BCUT2D eigenvalue weighted by Crippen LogP contribution is -2.17. The summed E-state index contributed by atoms with van der Waals surface area (Å²) in [5.41, 5.74) is 1.35. The van der Waals surface area contributed by atoms with E-state index in [0.29, 0.717) is 5.69 Å². The summed E-state index contributed by atoms with van der Waals surface area (Å²) >= 11 is 0. The molecular weight excluding hydrogens is 210 g/mol. The maximum atomic E-state index is 10.9. The van der Waals surface area contributed by atoms with Crippen molar-refractivity contribution in [2.24, 2.45) is 0 Å². The monoisotopic (exact) mass is 223 g/mol. The summed E-state index contributed by atoms with van der Waals surface area (Å²) in [6.45, 7) is 1.72. The summed E-state index contributed by atoms with van der Waals surface area (Å²) in [6, 6.07) is 4.91. The number of rotatable bonds is 4. The molecule has 5 nitrogen and oxygen atoms in total. The Morgan fingerprint density at radius 3 is 2.69 bits per heavy atom. The topological polar surface area (TPSA) is 75.6 Å². The van der Waals surface area contributed by atoms with Gasteiger partial charge in [-0.2, -0.15) is 0 Å². The molecule has 0 spiro atoms. The predicted octanol–water partition coefficient (Wildman–Crippen LogP) is 1.28. The second-order valence-corrected chi connectivity index (χ2v) is 3.23. The zero-order chi connectivity index (χ0) is 12.1. The molecule has 0 unspecified atom stereocenters. The Morgan fingerprint density at radius 1 is 1.44 bits per heavy atom. The molecule has 0 aliphatic heterocycles. The summed E-state index contributed by atoms with van der Waals surface area (Å²) in [6.07, 6.45) is 0. The highest BCUT2D eigenvalue weighted by atomic mass is 16.5. The van der Waals surface area contributed by atoms with Crippen LogP contribution < -0.4 is 5.32 Å². The zero-order valence-electron chi connectivity index (χ0n) is 9.11. The van der Waals surface area contributed by atoms with Gasteiger partial charge in [-0.25, -0.2) is 4.79 Å². The van der Waals surface area contributed by atoms with Gasteiger partial charge in [-0.15, -0.1) is 0 Å². The molecule has 0 fully saturated rings. The lowest BCUT2D eigenvalue weighted by Gasteiger charge is -2.11. The molecule has 0 aliphatic rings. The van der Waals surface area contributed by atoms with Gasteiger partial charge in [0.15, 0.2) is 0 Å². The highest BCUT2D eigenvalue weighted by Crippen LogP contribution is 2.20. The van der Waals surface area contributed by atoms with E-state index in [0.717, 1.165) is 5.56 Å². The number of benzene rings is 1. The van der Waals surface area contributed by atoms with Crippen molar-refractivity contribution in [3.05, 3.63) is 29.3 Å². The summed E-state index contributed by atoms with van der Waals surface area (Å²) in [5, 5.41) is 11.7. The number of nitrogens with one attached hydrogen (secondary N) is 1. The van der Waals surface area contributed by atoms with Gasteiger partial charge in [0.2, 0.25) is 0 Å². The van der Waals surface area contributed by atoms with Crippen LogP contribution in [0.15, 0.2) is 18.2 Å².